The molecule has 0 spiro atoms. The molecule has 0 saturated heterocycles. The Labute approximate surface area is 136 Å². The summed E-state index contributed by atoms with van der Waals surface area (Å²) in [5, 5.41) is 4.05. The van der Waals surface area contributed by atoms with E-state index < -0.39 is 0 Å². The van der Waals surface area contributed by atoms with Gasteiger partial charge >= 0.3 is 0 Å². The molecule has 0 aliphatic heterocycles. The number of nitrogens with one attached hydrogen (secondary N) is 1. The molecule has 1 atom stereocenters. The summed E-state index contributed by atoms with van der Waals surface area (Å²) < 4.78 is 0. The number of hydrogen-bond acceptors (Lipinski definition) is 2. The van der Waals surface area contributed by atoms with Crippen LogP contribution < -0.4 is 5.32 Å². The fourth-order valence-corrected chi connectivity index (χ4v) is 2.82. The highest BCUT2D eigenvalue weighted by Gasteiger charge is 2.20. The third-order valence-electron chi connectivity index (χ3n) is 4.00. The van der Waals surface area contributed by atoms with Gasteiger partial charge < -0.3 is 5.32 Å². The first kappa shape index (κ1) is 15.2. The number of amides is 1. The SMILES string of the molecule is CC(C)C(NC(=O)c1cccc2ncccc12)c1ccccc1. The second-order valence-electron chi connectivity index (χ2n) is 5.98. The van der Waals surface area contributed by atoms with E-state index in [1.54, 1.807) is 6.20 Å². The lowest BCUT2D eigenvalue weighted by Gasteiger charge is -2.23. The molecule has 116 valence electrons. The summed E-state index contributed by atoms with van der Waals surface area (Å²) >= 11 is 0. The normalized spacial score (nSPS) is 12.3. The number of hydrogen-bond donors (Lipinski definition) is 1. The van der Waals surface area contributed by atoms with Crippen molar-refractivity contribution in [3.05, 3.63) is 78.0 Å². The van der Waals surface area contributed by atoms with Gasteiger partial charge in [0.2, 0.25) is 0 Å². The Bertz CT molecular complexity index is 807. The predicted molar refractivity (Wildman–Crippen MR) is 93.2 cm³/mol. The van der Waals surface area contributed by atoms with Gasteiger partial charge in [-0.3, -0.25) is 9.78 Å². The van der Waals surface area contributed by atoms with Crippen molar-refractivity contribution in [2.75, 3.05) is 0 Å². The van der Waals surface area contributed by atoms with Crippen LogP contribution in [0.1, 0.15) is 35.8 Å². The Morgan fingerprint density at radius 2 is 1.74 bits per heavy atom. The maximum Gasteiger partial charge on any atom is 0.252 e. The van der Waals surface area contributed by atoms with E-state index in [-0.39, 0.29) is 11.9 Å². The molecule has 1 aromatic heterocycles. The van der Waals surface area contributed by atoms with E-state index in [4.69, 9.17) is 0 Å². The summed E-state index contributed by atoms with van der Waals surface area (Å²) in [5.41, 5.74) is 2.62. The first-order valence-corrected chi connectivity index (χ1v) is 7.86. The number of nitrogens with zero attached hydrogens (tertiary/aromatic N) is 1. The van der Waals surface area contributed by atoms with Crippen LogP contribution in [0.3, 0.4) is 0 Å². The van der Waals surface area contributed by atoms with Crippen LogP contribution >= 0.6 is 0 Å². The molecule has 0 aliphatic carbocycles. The molecule has 23 heavy (non-hydrogen) atoms. The van der Waals surface area contributed by atoms with Gasteiger partial charge in [-0.25, -0.2) is 0 Å². The fraction of sp³-hybridized carbons (Fsp3) is 0.200. The van der Waals surface area contributed by atoms with Gasteiger partial charge in [0.1, 0.15) is 0 Å². The first-order chi connectivity index (χ1) is 11.2. The second-order valence-corrected chi connectivity index (χ2v) is 5.98. The van der Waals surface area contributed by atoms with Crippen molar-refractivity contribution in [3.8, 4) is 0 Å². The lowest BCUT2D eigenvalue weighted by molar-refractivity contribution is 0.0927. The zero-order valence-electron chi connectivity index (χ0n) is 13.4. The molecule has 0 saturated carbocycles. The topological polar surface area (TPSA) is 42.0 Å². The Hall–Kier alpha value is -2.68. The monoisotopic (exact) mass is 304 g/mol. The van der Waals surface area contributed by atoms with Gasteiger partial charge in [-0.15, -0.1) is 0 Å². The average Bonchev–Trinajstić information content (AvgIpc) is 2.59. The van der Waals surface area contributed by atoms with Crippen molar-refractivity contribution < 1.29 is 4.79 Å². The third-order valence-corrected chi connectivity index (χ3v) is 4.00. The van der Waals surface area contributed by atoms with Gasteiger partial charge in [0.05, 0.1) is 11.6 Å². The number of carbonyl (C=O) groups is 1. The molecule has 1 amide bonds. The maximum absolute atomic E-state index is 12.8. The molecule has 3 nitrogen and oxygen atoms in total. The van der Waals surface area contributed by atoms with Crippen LogP contribution in [0.2, 0.25) is 0 Å². The molecule has 0 bridgehead atoms. The number of fused-ring (bicyclic) bond motifs is 1. The zero-order chi connectivity index (χ0) is 16.2. The van der Waals surface area contributed by atoms with E-state index >= 15 is 0 Å². The summed E-state index contributed by atoms with van der Waals surface area (Å²) in [6.07, 6.45) is 1.74. The van der Waals surface area contributed by atoms with Crippen LogP contribution in [0, 0.1) is 5.92 Å². The van der Waals surface area contributed by atoms with Crippen molar-refractivity contribution in [2.45, 2.75) is 19.9 Å². The minimum atomic E-state index is -0.0637. The van der Waals surface area contributed by atoms with Crippen LogP contribution in [0.15, 0.2) is 66.9 Å². The predicted octanol–water partition coefficient (Wildman–Crippen LogP) is 4.36. The van der Waals surface area contributed by atoms with Crippen molar-refractivity contribution in [2.24, 2.45) is 5.92 Å². The Morgan fingerprint density at radius 3 is 2.48 bits per heavy atom. The lowest BCUT2D eigenvalue weighted by atomic mass is 9.95. The van der Waals surface area contributed by atoms with Gasteiger partial charge in [-0.05, 0) is 29.7 Å². The van der Waals surface area contributed by atoms with E-state index in [0.717, 1.165) is 16.5 Å². The summed E-state index contributed by atoms with van der Waals surface area (Å²) in [6, 6.07) is 19.5. The van der Waals surface area contributed by atoms with Gasteiger partial charge in [-0.1, -0.05) is 56.3 Å². The van der Waals surface area contributed by atoms with Crippen molar-refractivity contribution in [3.63, 3.8) is 0 Å². The van der Waals surface area contributed by atoms with E-state index in [1.165, 1.54) is 0 Å². The van der Waals surface area contributed by atoms with Gasteiger partial charge in [0.15, 0.2) is 0 Å². The number of benzene rings is 2. The lowest BCUT2D eigenvalue weighted by Crippen LogP contribution is -2.31. The standard InChI is InChI=1S/C20H20N2O/c1-14(2)19(15-8-4-3-5-9-15)22-20(23)17-10-6-12-18-16(17)11-7-13-21-18/h3-14,19H,1-2H3,(H,22,23). The number of pyridine rings is 1. The molecule has 0 fully saturated rings. The summed E-state index contributed by atoms with van der Waals surface area (Å²) in [7, 11) is 0. The quantitative estimate of drug-likeness (QED) is 0.778. The smallest absolute Gasteiger partial charge is 0.252 e. The highest BCUT2D eigenvalue weighted by Crippen LogP contribution is 2.23. The molecule has 1 N–H and O–H groups in total. The second kappa shape index (κ2) is 6.61. The molecule has 0 aliphatic rings. The molecule has 3 rings (SSSR count). The minimum absolute atomic E-state index is 0.0179. The van der Waals surface area contributed by atoms with Crippen LogP contribution in [0.5, 0.6) is 0 Å². The highest BCUT2D eigenvalue weighted by molar-refractivity contribution is 6.06. The molecule has 1 unspecified atom stereocenters. The van der Waals surface area contributed by atoms with Crippen LogP contribution in [-0.2, 0) is 0 Å². The molecule has 3 heteroatoms. The largest absolute Gasteiger partial charge is 0.345 e. The summed E-state index contributed by atoms with van der Waals surface area (Å²) in [6.45, 7) is 4.23. The molecule has 3 aromatic rings. The van der Waals surface area contributed by atoms with Gasteiger partial charge in [0, 0.05) is 17.1 Å². The number of rotatable bonds is 4. The highest BCUT2D eigenvalue weighted by atomic mass is 16.1. The maximum atomic E-state index is 12.8. The Morgan fingerprint density at radius 1 is 0.957 bits per heavy atom. The molecule has 0 radical (unpaired) electrons. The molecular formula is C20H20N2O. The average molecular weight is 304 g/mol. The van der Waals surface area contributed by atoms with Gasteiger partial charge in [0.25, 0.3) is 5.91 Å². The van der Waals surface area contributed by atoms with Crippen molar-refractivity contribution in [1.82, 2.24) is 10.3 Å². The van der Waals surface area contributed by atoms with Crippen molar-refractivity contribution in [1.29, 1.82) is 0 Å². The molecule has 1 heterocycles. The van der Waals surface area contributed by atoms with Gasteiger partial charge in [-0.2, -0.15) is 0 Å². The van der Waals surface area contributed by atoms with Crippen LogP contribution in [0.4, 0.5) is 0 Å². The van der Waals surface area contributed by atoms with Crippen LogP contribution in [-0.4, -0.2) is 10.9 Å². The van der Waals surface area contributed by atoms with E-state index in [0.29, 0.717) is 11.5 Å². The van der Waals surface area contributed by atoms with Crippen molar-refractivity contribution >= 4 is 16.8 Å². The van der Waals surface area contributed by atoms with E-state index in [1.807, 2.05) is 48.5 Å². The third kappa shape index (κ3) is 3.24. The Balaban J connectivity index is 1.93. The van der Waals surface area contributed by atoms with E-state index in [9.17, 15) is 4.79 Å². The molecular weight excluding hydrogens is 284 g/mol. The van der Waals surface area contributed by atoms with Crippen LogP contribution in [0.25, 0.3) is 10.9 Å². The van der Waals surface area contributed by atoms with E-state index in [2.05, 4.69) is 36.3 Å². The summed E-state index contributed by atoms with van der Waals surface area (Å²) in [5.74, 6) is 0.237. The number of carbonyl (C=O) groups excluding carboxylic acids is 1. The molecule has 2 aromatic carbocycles. The Kier molecular flexibility index (Phi) is 4.38. The first-order valence-electron chi connectivity index (χ1n) is 7.86. The summed E-state index contributed by atoms with van der Waals surface area (Å²) in [4.78, 5) is 17.1. The number of aromatic nitrogens is 1. The fourth-order valence-electron chi connectivity index (χ4n) is 2.82. The minimum Gasteiger partial charge on any atom is -0.345 e. The zero-order valence-corrected chi connectivity index (χ0v) is 13.4.